The van der Waals surface area contributed by atoms with Crippen molar-refractivity contribution >= 4 is 34.8 Å². The Morgan fingerprint density at radius 3 is 2.87 bits per heavy atom. The van der Waals surface area contributed by atoms with Crippen molar-refractivity contribution in [1.29, 1.82) is 0 Å². The molecule has 2 heterocycles. The van der Waals surface area contributed by atoms with Crippen molar-refractivity contribution in [2.75, 3.05) is 29.0 Å². The highest BCUT2D eigenvalue weighted by molar-refractivity contribution is 6.35. The number of piperidine rings is 1. The number of hydrogen-bond acceptors (Lipinski definition) is 5. The highest BCUT2D eigenvalue weighted by Crippen LogP contribution is 2.30. The molecule has 3 rings (SSSR count). The number of carbonyl (C=O) groups is 1. The lowest BCUT2D eigenvalue weighted by atomic mass is 9.97. The fourth-order valence-electron chi connectivity index (χ4n) is 2.74. The summed E-state index contributed by atoms with van der Waals surface area (Å²) >= 11 is 6.19. The second-order valence-electron chi connectivity index (χ2n) is 5.54. The number of aromatic nitrogens is 2. The van der Waals surface area contributed by atoms with Crippen LogP contribution in [0.5, 0.6) is 0 Å². The standard InChI is InChI=1S/C16H18ClN5O/c17-13-14(18)19-10-20-15(13)22-8-4-5-11(9-22)16(23)21-12-6-2-1-3-7-12/h1-3,6-7,10-11H,4-5,8-9H2,(H,21,23)(H2,18,19,20)/t11-/m0/s1. The molecule has 1 aliphatic heterocycles. The van der Waals surface area contributed by atoms with Gasteiger partial charge in [-0.25, -0.2) is 9.97 Å². The van der Waals surface area contributed by atoms with Gasteiger partial charge in [-0.05, 0) is 25.0 Å². The molecule has 23 heavy (non-hydrogen) atoms. The molecule has 0 unspecified atom stereocenters. The highest BCUT2D eigenvalue weighted by Gasteiger charge is 2.28. The van der Waals surface area contributed by atoms with E-state index in [9.17, 15) is 4.79 Å². The third-order valence-electron chi connectivity index (χ3n) is 3.93. The second kappa shape index (κ2) is 6.83. The molecule has 0 bridgehead atoms. The van der Waals surface area contributed by atoms with E-state index in [1.54, 1.807) is 0 Å². The number of nitrogens with two attached hydrogens (primary N) is 1. The van der Waals surface area contributed by atoms with Crippen LogP contribution in [0.25, 0.3) is 0 Å². The minimum Gasteiger partial charge on any atom is -0.382 e. The molecule has 6 nitrogen and oxygen atoms in total. The van der Waals surface area contributed by atoms with Crippen molar-refractivity contribution in [3.63, 3.8) is 0 Å². The van der Waals surface area contributed by atoms with Gasteiger partial charge in [-0.2, -0.15) is 0 Å². The second-order valence-corrected chi connectivity index (χ2v) is 5.91. The van der Waals surface area contributed by atoms with Gasteiger partial charge in [-0.1, -0.05) is 29.8 Å². The smallest absolute Gasteiger partial charge is 0.229 e. The van der Waals surface area contributed by atoms with Gasteiger partial charge in [-0.3, -0.25) is 4.79 Å². The van der Waals surface area contributed by atoms with Crippen LogP contribution in [0.3, 0.4) is 0 Å². The Kier molecular flexibility index (Phi) is 4.62. The fraction of sp³-hybridized carbons (Fsp3) is 0.312. The van der Waals surface area contributed by atoms with Crippen LogP contribution < -0.4 is 16.0 Å². The van der Waals surface area contributed by atoms with E-state index in [0.29, 0.717) is 17.4 Å². The molecule has 120 valence electrons. The summed E-state index contributed by atoms with van der Waals surface area (Å²) < 4.78 is 0. The summed E-state index contributed by atoms with van der Waals surface area (Å²) in [6.45, 7) is 1.36. The number of carbonyl (C=O) groups excluding carboxylic acids is 1. The van der Waals surface area contributed by atoms with Crippen LogP contribution >= 0.6 is 11.6 Å². The Hall–Kier alpha value is -2.34. The molecule has 0 spiro atoms. The number of hydrogen-bond donors (Lipinski definition) is 2. The number of benzene rings is 1. The van der Waals surface area contributed by atoms with Crippen molar-refractivity contribution < 1.29 is 4.79 Å². The predicted molar refractivity (Wildman–Crippen MR) is 91.5 cm³/mol. The molecular weight excluding hydrogens is 314 g/mol. The quantitative estimate of drug-likeness (QED) is 0.903. The summed E-state index contributed by atoms with van der Waals surface area (Å²) in [5, 5.41) is 3.30. The van der Waals surface area contributed by atoms with Crippen molar-refractivity contribution in [3.05, 3.63) is 41.7 Å². The largest absolute Gasteiger partial charge is 0.382 e. The third kappa shape index (κ3) is 3.53. The molecule has 0 saturated carbocycles. The van der Waals surface area contributed by atoms with Gasteiger partial charge in [0.1, 0.15) is 17.2 Å². The van der Waals surface area contributed by atoms with Crippen LogP contribution in [-0.2, 0) is 4.79 Å². The maximum Gasteiger partial charge on any atom is 0.229 e. The zero-order chi connectivity index (χ0) is 16.2. The van der Waals surface area contributed by atoms with Gasteiger partial charge >= 0.3 is 0 Å². The van der Waals surface area contributed by atoms with E-state index in [2.05, 4.69) is 15.3 Å². The summed E-state index contributed by atoms with van der Waals surface area (Å²) in [6.07, 6.45) is 3.13. The number of amides is 1. The highest BCUT2D eigenvalue weighted by atomic mass is 35.5. The first-order valence-corrected chi connectivity index (χ1v) is 7.90. The minimum absolute atomic E-state index is 0.0130. The van der Waals surface area contributed by atoms with Crippen molar-refractivity contribution in [3.8, 4) is 0 Å². The molecule has 1 amide bonds. The minimum atomic E-state index is -0.115. The molecule has 1 fully saturated rings. The first-order chi connectivity index (χ1) is 11.1. The van der Waals surface area contributed by atoms with Crippen LogP contribution in [0.2, 0.25) is 5.02 Å². The Morgan fingerprint density at radius 2 is 2.09 bits per heavy atom. The molecule has 0 aliphatic carbocycles. The lowest BCUT2D eigenvalue weighted by molar-refractivity contribution is -0.120. The van der Waals surface area contributed by atoms with Gasteiger partial charge in [0.05, 0.1) is 5.92 Å². The van der Waals surface area contributed by atoms with Gasteiger partial charge in [0.2, 0.25) is 5.91 Å². The van der Waals surface area contributed by atoms with E-state index in [-0.39, 0.29) is 17.6 Å². The topological polar surface area (TPSA) is 84.1 Å². The van der Waals surface area contributed by atoms with E-state index in [4.69, 9.17) is 17.3 Å². The van der Waals surface area contributed by atoms with Gasteiger partial charge in [-0.15, -0.1) is 0 Å². The lowest BCUT2D eigenvalue weighted by Crippen LogP contribution is -2.41. The van der Waals surface area contributed by atoms with Crippen molar-refractivity contribution in [1.82, 2.24) is 9.97 Å². The zero-order valence-electron chi connectivity index (χ0n) is 12.6. The SMILES string of the molecule is Nc1ncnc(N2CCC[C@H](C(=O)Nc3ccccc3)C2)c1Cl. The summed E-state index contributed by atoms with van der Waals surface area (Å²) in [7, 11) is 0. The number of anilines is 3. The van der Waals surface area contributed by atoms with Gasteiger partial charge in [0.25, 0.3) is 0 Å². The Balaban J connectivity index is 1.71. The van der Waals surface area contributed by atoms with E-state index in [0.717, 1.165) is 25.1 Å². The predicted octanol–water partition coefficient (Wildman–Crippen LogP) is 2.57. The average Bonchev–Trinajstić information content (AvgIpc) is 2.58. The first kappa shape index (κ1) is 15.6. The molecular formula is C16H18ClN5O. The maximum atomic E-state index is 12.5. The summed E-state index contributed by atoms with van der Waals surface area (Å²) in [4.78, 5) is 22.6. The molecule has 2 aromatic rings. The fourth-order valence-corrected chi connectivity index (χ4v) is 2.96. The number of nitrogen functional groups attached to an aromatic ring is 1. The van der Waals surface area contributed by atoms with Crippen LogP contribution in [0.4, 0.5) is 17.3 Å². The molecule has 1 atom stereocenters. The maximum absolute atomic E-state index is 12.5. The van der Waals surface area contributed by atoms with E-state index < -0.39 is 0 Å². The third-order valence-corrected chi connectivity index (χ3v) is 4.29. The molecule has 7 heteroatoms. The van der Waals surface area contributed by atoms with Crippen LogP contribution in [0.1, 0.15) is 12.8 Å². The van der Waals surface area contributed by atoms with E-state index in [1.807, 2.05) is 35.2 Å². The van der Waals surface area contributed by atoms with Crippen LogP contribution in [0.15, 0.2) is 36.7 Å². The zero-order valence-corrected chi connectivity index (χ0v) is 13.3. The van der Waals surface area contributed by atoms with Crippen LogP contribution in [-0.4, -0.2) is 29.0 Å². The molecule has 3 N–H and O–H groups in total. The van der Waals surface area contributed by atoms with E-state index in [1.165, 1.54) is 6.33 Å². The summed E-state index contributed by atoms with van der Waals surface area (Å²) in [5.41, 5.74) is 6.54. The number of rotatable bonds is 3. The Labute approximate surface area is 139 Å². The molecule has 1 aliphatic rings. The van der Waals surface area contributed by atoms with Crippen molar-refractivity contribution in [2.24, 2.45) is 5.92 Å². The number of halogens is 1. The Morgan fingerprint density at radius 1 is 1.30 bits per heavy atom. The molecule has 1 saturated heterocycles. The number of para-hydroxylation sites is 1. The van der Waals surface area contributed by atoms with Gasteiger partial charge in [0.15, 0.2) is 5.82 Å². The summed E-state index contributed by atoms with van der Waals surface area (Å²) in [5.74, 6) is 0.749. The first-order valence-electron chi connectivity index (χ1n) is 7.52. The Bertz CT molecular complexity index is 694. The van der Waals surface area contributed by atoms with Crippen molar-refractivity contribution in [2.45, 2.75) is 12.8 Å². The average molecular weight is 332 g/mol. The number of nitrogens with zero attached hydrogens (tertiary/aromatic N) is 3. The van der Waals surface area contributed by atoms with Gasteiger partial charge in [0, 0.05) is 18.8 Å². The van der Waals surface area contributed by atoms with Gasteiger partial charge < -0.3 is 16.0 Å². The molecule has 1 aromatic heterocycles. The molecule has 0 radical (unpaired) electrons. The lowest BCUT2D eigenvalue weighted by Gasteiger charge is -2.33. The van der Waals surface area contributed by atoms with E-state index >= 15 is 0 Å². The number of nitrogens with one attached hydrogen (secondary N) is 1. The monoisotopic (exact) mass is 331 g/mol. The summed E-state index contributed by atoms with van der Waals surface area (Å²) in [6, 6.07) is 9.46. The van der Waals surface area contributed by atoms with Crippen LogP contribution in [0, 0.1) is 5.92 Å². The normalized spacial score (nSPS) is 17.8. The molecule has 1 aromatic carbocycles.